The molecule has 4 saturated carbocycles. The molecule has 2 heterocycles. The predicted molar refractivity (Wildman–Crippen MR) is 140 cm³/mol. The maximum absolute atomic E-state index is 13.8. The smallest absolute Gasteiger partial charge is 0.333 e. The van der Waals surface area contributed by atoms with E-state index >= 15 is 0 Å². The summed E-state index contributed by atoms with van der Waals surface area (Å²) in [7, 11) is 1.55. The SMILES string of the molecule is COC1CC(=O)[C@]2(C)[C@H]3CC[C@]4(COC(C)=O)[C@@H]([C@H](C)[C@H]5CC(C)=C(C)C(=O)O5)CC[C@H]4[C@@H]3C[C@H]3O[C@]32[C@H]1O. The Kier molecular flexibility index (Phi) is 6.41. The fourth-order valence-electron chi connectivity index (χ4n) is 10.3. The Morgan fingerprint density at radius 3 is 2.56 bits per heavy atom. The van der Waals surface area contributed by atoms with Gasteiger partial charge in [-0.1, -0.05) is 12.5 Å². The van der Waals surface area contributed by atoms with Crippen LogP contribution in [0.4, 0.5) is 0 Å². The van der Waals surface area contributed by atoms with Crippen LogP contribution in [0.15, 0.2) is 11.1 Å². The molecule has 0 bridgehead atoms. The summed E-state index contributed by atoms with van der Waals surface area (Å²) >= 11 is 0. The number of aliphatic hydroxyl groups excluding tert-OH is 1. The molecule has 6 aliphatic rings. The van der Waals surface area contributed by atoms with Crippen LogP contribution in [0.3, 0.4) is 0 Å². The van der Waals surface area contributed by atoms with Crippen molar-refractivity contribution in [3.05, 3.63) is 11.1 Å². The van der Waals surface area contributed by atoms with Crippen LogP contribution in [0.25, 0.3) is 0 Å². The Labute approximate surface area is 231 Å². The molecule has 12 atom stereocenters. The number of fused-ring (bicyclic) bond motifs is 4. The maximum atomic E-state index is 13.8. The van der Waals surface area contributed by atoms with Gasteiger partial charge in [0.2, 0.25) is 0 Å². The summed E-state index contributed by atoms with van der Waals surface area (Å²) in [5.41, 5.74) is -0.0640. The second-order valence-electron chi connectivity index (χ2n) is 13.7. The molecule has 0 aromatic carbocycles. The minimum absolute atomic E-state index is 0.0982. The van der Waals surface area contributed by atoms with Gasteiger partial charge in [-0.2, -0.15) is 0 Å². The number of methoxy groups -OCH3 is 1. The van der Waals surface area contributed by atoms with Crippen LogP contribution < -0.4 is 0 Å². The molecule has 0 amide bonds. The zero-order valence-corrected chi connectivity index (χ0v) is 24.2. The summed E-state index contributed by atoms with van der Waals surface area (Å²) in [6, 6.07) is 0. The predicted octanol–water partition coefficient (Wildman–Crippen LogP) is 3.77. The average molecular weight is 545 g/mol. The largest absolute Gasteiger partial charge is 0.465 e. The molecule has 1 unspecified atom stereocenters. The molecule has 216 valence electrons. The van der Waals surface area contributed by atoms with Gasteiger partial charge in [0.1, 0.15) is 23.6 Å². The second kappa shape index (κ2) is 9.12. The highest BCUT2D eigenvalue weighted by molar-refractivity contribution is 5.90. The van der Waals surface area contributed by atoms with E-state index in [0.29, 0.717) is 12.2 Å². The van der Waals surface area contributed by atoms with Crippen LogP contribution >= 0.6 is 0 Å². The highest BCUT2D eigenvalue weighted by Crippen LogP contribution is 2.74. The first-order chi connectivity index (χ1) is 18.4. The number of rotatable bonds is 5. The lowest BCUT2D eigenvalue weighted by atomic mass is 9.43. The van der Waals surface area contributed by atoms with E-state index in [1.165, 1.54) is 6.92 Å². The molecule has 4 aliphatic carbocycles. The molecule has 1 spiro atoms. The molecule has 5 fully saturated rings. The van der Waals surface area contributed by atoms with E-state index in [4.69, 9.17) is 18.9 Å². The van der Waals surface area contributed by atoms with E-state index in [9.17, 15) is 19.5 Å². The molecular weight excluding hydrogens is 500 g/mol. The van der Waals surface area contributed by atoms with E-state index in [0.717, 1.165) is 44.1 Å². The van der Waals surface area contributed by atoms with Crippen molar-refractivity contribution in [1.82, 2.24) is 0 Å². The Bertz CT molecular complexity index is 1110. The Balaban J connectivity index is 1.33. The normalized spacial score (nSPS) is 49.3. The third kappa shape index (κ3) is 3.56. The van der Waals surface area contributed by atoms with Gasteiger partial charge < -0.3 is 24.1 Å². The van der Waals surface area contributed by atoms with Crippen molar-refractivity contribution in [2.45, 2.75) is 110 Å². The summed E-state index contributed by atoms with van der Waals surface area (Å²) < 4.78 is 23.6. The van der Waals surface area contributed by atoms with Gasteiger partial charge in [-0.15, -0.1) is 0 Å². The molecule has 2 aliphatic heterocycles. The van der Waals surface area contributed by atoms with Gasteiger partial charge in [0.25, 0.3) is 0 Å². The molecule has 0 aromatic rings. The number of ether oxygens (including phenoxy) is 4. The minimum atomic E-state index is -0.858. The maximum Gasteiger partial charge on any atom is 0.333 e. The van der Waals surface area contributed by atoms with Crippen LogP contribution in [0.5, 0.6) is 0 Å². The monoisotopic (exact) mass is 544 g/mol. The standard InChI is InChI=1S/C31H44O8/c1-15-11-23(38-28(35)16(15)2)17(3)20-7-8-22-19-12-26-31(39-26)27(34)24(36-6)13-25(33)29(31,5)21(19)9-10-30(20,22)14-37-18(4)32/h17,19-24,26-27,34H,7-14H2,1-6H3/t17-,19+,20+,21-,22-,23+,24?,26+,27-,29-,30-,31-/m0/s1. The van der Waals surface area contributed by atoms with Crippen LogP contribution in [0.2, 0.25) is 0 Å². The number of aliphatic hydroxyl groups is 1. The Hall–Kier alpha value is -1.77. The first-order valence-corrected chi connectivity index (χ1v) is 14.8. The van der Waals surface area contributed by atoms with Gasteiger partial charge in [-0.25, -0.2) is 4.79 Å². The number of esters is 2. The highest BCUT2D eigenvalue weighted by Gasteiger charge is 2.82. The van der Waals surface area contributed by atoms with E-state index < -0.39 is 23.2 Å². The molecule has 0 radical (unpaired) electrons. The van der Waals surface area contributed by atoms with Crippen molar-refractivity contribution in [3.63, 3.8) is 0 Å². The number of epoxide rings is 1. The zero-order valence-electron chi connectivity index (χ0n) is 24.2. The summed E-state index contributed by atoms with van der Waals surface area (Å²) in [6.45, 7) is 9.90. The molecule has 8 heteroatoms. The van der Waals surface area contributed by atoms with Crippen molar-refractivity contribution in [1.29, 1.82) is 0 Å². The summed E-state index contributed by atoms with van der Waals surface area (Å²) in [5, 5.41) is 11.3. The molecule has 8 nitrogen and oxygen atoms in total. The number of Topliss-reactive ketones (excluding diaryl/α,β-unsaturated/α-hetero) is 1. The average Bonchev–Trinajstić information content (AvgIpc) is 3.52. The topological polar surface area (TPSA) is 112 Å². The van der Waals surface area contributed by atoms with Gasteiger partial charge in [0, 0.05) is 37.9 Å². The van der Waals surface area contributed by atoms with E-state index in [1.54, 1.807) is 7.11 Å². The lowest BCUT2D eigenvalue weighted by molar-refractivity contribution is -0.188. The lowest BCUT2D eigenvalue weighted by Gasteiger charge is -2.60. The number of carbonyl (C=O) groups excluding carboxylic acids is 3. The number of cyclic esters (lactones) is 1. The van der Waals surface area contributed by atoms with Crippen molar-refractivity contribution in [2.75, 3.05) is 13.7 Å². The van der Waals surface area contributed by atoms with Crippen molar-refractivity contribution >= 4 is 17.7 Å². The van der Waals surface area contributed by atoms with Crippen LogP contribution in [0, 0.1) is 40.4 Å². The van der Waals surface area contributed by atoms with Gasteiger partial charge in [0.05, 0.1) is 24.2 Å². The van der Waals surface area contributed by atoms with E-state index in [-0.39, 0.29) is 71.4 Å². The zero-order chi connectivity index (χ0) is 28.1. The Morgan fingerprint density at radius 2 is 1.90 bits per heavy atom. The highest BCUT2D eigenvalue weighted by atomic mass is 16.6. The molecule has 39 heavy (non-hydrogen) atoms. The number of hydrogen-bond acceptors (Lipinski definition) is 8. The molecule has 1 saturated heterocycles. The summed E-state index contributed by atoms with van der Waals surface area (Å²) in [4.78, 5) is 38.5. The quantitative estimate of drug-likeness (QED) is 0.411. The molecular formula is C31H44O8. The van der Waals surface area contributed by atoms with Crippen LogP contribution in [-0.4, -0.2) is 66.6 Å². The fourth-order valence-corrected chi connectivity index (χ4v) is 10.3. The first-order valence-electron chi connectivity index (χ1n) is 14.8. The van der Waals surface area contributed by atoms with E-state index in [2.05, 4.69) is 6.92 Å². The Morgan fingerprint density at radius 1 is 1.15 bits per heavy atom. The minimum Gasteiger partial charge on any atom is -0.465 e. The third-order valence-electron chi connectivity index (χ3n) is 12.6. The summed E-state index contributed by atoms with van der Waals surface area (Å²) in [6.07, 6.45) is 3.64. The number of hydrogen-bond donors (Lipinski definition) is 1. The van der Waals surface area contributed by atoms with Gasteiger partial charge >= 0.3 is 11.9 Å². The molecule has 6 rings (SSSR count). The van der Waals surface area contributed by atoms with Crippen LogP contribution in [0.1, 0.15) is 79.6 Å². The van der Waals surface area contributed by atoms with Crippen molar-refractivity contribution in [2.24, 2.45) is 40.4 Å². The summed E-state index contributed by atoms with van der Waals surface area (Å²) in [5.74, 6) is 0.588. The fraction of sp³-hybridized carbons (Fsp3) is 0.839. The number of ketones is 1. The van der Waals surface area contributed by atoms with Gasteiger partial charge in [-0.3, -0.25) is 9.59 Å². The van der Waals surface area contributed by atoms with Crippen molar-refractivity contribution in [3.8, 4) is 0 Å². The van der Waals surface area contributed by atoms with E-state index in [1.807, 2.05) is 20.8 Å². The third-order valence-corrected chi connectivity index (χ3v) is 12.6. The lowest BCUT2D eigenvalue weighted by Crippen LogP contribution is -2.68. The van der Waals surface area contributed by atoms with Gasteiger partial charge in [-0.05, 0) is 82.5 Å². The first kappa shape index (κ1) is 27.4. The van der Waals surface area contributed by atoms with Crippen molar-refractivity contribution < 1.29 is 38.4 Å². The second-order valence-corrected chi connectivity index (χ2v) is 13.7. The van der Waals surface area contributed by atoms with Gasteiger partial charge in [0.15, 0.2) is 0 Å². The van der Waals surface area contributed by atoms with Crippen LogP contribution in [-0.2, 0) is 33.3 Å². The number of carbonyl (C=O) groups is 3. The molecule has 1 N–H and O–H groups in total. The molecule has 0 aromatic heterocycles.